The molecule has 2 aliphatic rings. The van der Waals surface area contributed by atoms with Gasteiger partial charge in [0, 0.05) is 19.4 Å². The number of hydrogen-bond donors (Lipinski definition) is 1. The molecular formula is C29H32Cl3NO8. The average Bonchev–Trinajstić information content (AvgIpc) is 3.24. The van der Waals surface area contributed by atoms with Crippen molar-refractivity contribution in [1.29, 1.82) is 5.41 Å². The molecule has 1 saturated heterocycles. The van der Waals surface area contributed by atoms with Crippen LogP contribution >= 0.6 is 34.8 Å². The minimum Gasteiger partial charge on any atom is -0.452 e. The molecule has 41 heavy (non-hydrogen) atoms. The van der Waals surface area contributed by atoms with Crippen molar-refractivity contribution in [3.8, 4) is 11.1 Å². The molecule has 222 valence electrons. The second-order valence-corrected chi connectivity index (χ2v) is 12.1. The fraction of sp³-hybridized carbons (Fsp3) is 0.483. The predicted molar refractivity (Wildman–Crippen MR) is 154 cm³/mol. The molecule has 0 saturated carbocycles. The van der Waals surface area contributed by atoms with E-state index in [0.29, 0.717) is 6.61 Å². The van der Waals surface area contributed by atoms with E-state index in [-0.39, 0.29) is 12.5 Å². The summed E-state index contributed by atoms with van der Waals surface area (Å²) in [6.45, 7) is 5.20. The number of rotatable bonds is 9. The van der Waals surface area contributed by atoms with E-state index >= 15 is 0 Å². The molecule has 0 spiro atoms. The summed E-state index contributed by atoms with van der Waals surface area (Å²) >= 11 is 17.4. The first-order valence-electron chi connectivity index (χ1n) is 13.3. The van der Waals surface area contributed by atoms with Crippen molar-refractivity contribution in [3.63, 3.8) is 0 Å². The summed E-state index contributed by atoms with van der Waals surface area (Å²) in [6, 6.07) is 15.9. The minimum absolute atomic E-state index is 0.0169. The molecule has 0 bridgehead atoms. The lowest BCUT2D eigenvalue weighted by Crippen LogP contribution is -2.61. The van der Waals surface area contributed by atoms with Gasteiger partial charge in [0.15, 0.2) is 6.10 Å². The number of unbranched alkanes of at least 4 members (excludes halogenated alkanes) is 1. The zero-order valence-corrected chi connectivity index (χ0v) is 25.1. The summed E-state index contributed by atoms with van der Waals surface area (Å²) in [4.78, 5) is 25.2. The maximum atomic E-state index is 13.2. The third kappa shape index (κ3) is 7.45. The molecule has 2 aromatic rings. The van der Waals surface area contributed by atoms with Crippen LogP contribution in [0.4, 0.5) is 4.79 Å². The van der Waals surface area contributed by atoms with Crippen LogP contribution in [0, 0.1) is 5.41 Å². The van der Waals surface area contributed by atoms with E-state index in [1.807, 2.05) is 55.5 Å². The smallest absolute Gasteiger partial charge is 0.452 e. The van der Waals surface area contributed by atoms with Crippen molar-refractivity contribution >= 4 is 52.8 Å². The fourth-order valence-electron chi connectivity index (χ4n) is 5.03. The van der Waals surface area contributed by atoms with Gasteiger partial charge in [0.25, 0.3) is 3.79 Å². The number of alkyl halides is 3. The molecule has 12 heteroatoms. The number of nitrogens with one attached hydrogen (secondary N) is 1. The normalized spacial score (nSPS) is 23.7. The molecule has 4 rings (SSSR count). The molecule has 1 fully saturated rings. The van der Waals surface area contributed by atoms with Crippen LogP contribution in [0.25, 0.3) is 11.1 Å². The van der Waals surface area contributed by atoms with Gasteiger partial charge in [-0.15, -0.1) is 0 Å². The zero-order valence-electron chi connectivity index (χ0n) is 22.8. The summed E-state index contributed by atoms with van der Waals surface area (Å²) in [5.41, 5.74) is 4.25. The summed E-state index contributed by atoms with van der Waals surface area (Å²) in [6.07, 6.45) is -4.99. The second kappa shape index (κ2) is 13.6. The van der Waals surface area contributed by atoms with Crippen LogP contribution in [0.1, 0.15) is 50.7 Å². The van der Waals surface area contributed by atoms with Gasteiger partial charge in [0.1, 0.15) is 12.7 Å². The average molecular weight is 629 g/mol. The van der Waals surface area contributed by atoms with E-state index in [2.05, 4.69) is 0 Å². The number of benzene rings is 2. The van der Waals surface area contributed by atoms with Crippen molar-refractivity contribution < 1.29 is 38.0 Å². The molecule has 2 aromatic carbocycles. The Labute approximate surface area is 253 Å². The highest BCUT2D eigenvalue weighted by Crippen LogP contribution is 2.44. The summed E-state index contributed by atoms with van der Waals surface area (Å²) in [5.74, 6) is -1.66. The highest BCUT2D eigenvalue weighted by atomic mass is 35.6. The van der Waals surface area contributed by atoms with Gasteiger partial charge in [-0.05, 0) is 35.6 Å². The quantitative estimate of drug-likeness (QED) is 0.109. The highest BCUT2D eigenvalue weighted by Gasteiger charge is 2.52. The largest absolute Gasteiger partial charge is 0.508 e. The Bertz CT molecular complexity index is 1210. The minimum atomic E-state index is -2.20. The molecule has 1 heterocycles. The van der Waals surface area contributed by atoms with E-state index in [1.54, 1.807) is 6.92 Å². The van der Waals surface area contributed by atoms with E-state index in [4.69, 9.17) is 68.6 Å². The fourth-order valence-corrected chi connectivity index (χ4v) is 5.17. The number of fused-ring (bicyclic) bond motifs is 3. The van der Waals surface area contributed by atoms with Gasteiger partial charge >= 0.3 is 12.1 Å². The van der Waals surface area contributed by atoms with Crippen LogP contribution in [0.2, 0.25) is 0 Å². The molecule has 1 aliphatic carbocycles. The molecule has 9 nitrogen and oxygen atoms in total. The maximum absolute atomic E-state index is 13.2. The van der Waals surface area contributed by atoms with Crippen LogP contribution in [0.15, 0.2) is 48.5 Å². The number of carbonyl (C=O) groups is 2. The summed E-state index contributed by atoms with van der Waals surface area (Å²) < 4.78 is 32.0. The topological polar surface area (TPSA) is 113 Å². The molecule has 1 N–H and O–H groups in total. The Balaban J connectivity index is 1.55. The van der Waals surface area contributed by atoms with E-state index < -0.39 is 52.5 Å². The molecule has 5 atom stereocenters. The van der Waals surface area contributed by atoms with Crippen LogP contribution in [0.3, 0.4) is 0 Å². The Kier molecular flexibility index (Phi) is 10.4. The van der Waals surface area contributed by atoms with Crippen LogP contribution in [-0.2, 0) is 33.2 Å². The Morgan fingerprint density at radius 2 is 1.54 bits per heavy atom. The van der Waals surface area contributed by atoms with Crippen molar-refractivity contribution in [1.82, 2.24) is 0 Å². The van der Waals surface area contributed by atoms with Crippen LogP contribution < -0.4 is 0 Å². The van der Waals surface area contributed by atoms with Crippen LogP contribution in [0.5, 0.6) is 0 Å². The number of ether oxygens (including phenoxy) is 6. The third-order valence-electron chi connectivity index (χ3n) is 6.89. The van der Waals surface area contributed by atoms with Crippen molar-refractivity contribution in [2.75, 3.05) is 13.2 Å². The van der Waals surface area contributed by atoms with Gasteiger partial charge in [-0.2, -0.15) is 0 Å². The highest BCUT2D eigenvalue weighted by molar-refractivity contribution is 6.76. The Morgan fingerprint density at radius 1 is 0.927 bits per heavy atom. The Hall–Kier alpha value is -2.56. The molecule has 0 radical (unpaired) electrons. The summed E-state index contributed by atoms with van der Waals surface area (Å²) in [7, 11) is 0. The molecule has 0 aromatic heterocycles. The van der Waals surface area contributed by atoms with Gasteiger partial charge < -0.3 is 28.4 Å². The van der Waals surface area contributed by atoms with Gasteiger partial charge in [0.2, 0.25) is 18.3 Å². The maximum Gasteiger partial charge on any atom is 0.508 e. The molecule has 1 aliphatic heterocycles. The van der Waals surface area contributed by atoms with E-state index in [9.17, 15) is 9.59 Å². The zero-order chi connectivity index (χ0) is 29.7. The third-order valence-corrected chi connectivity index (χ3v) is 7.41. The first kappa shape index (κ1) is 31.4. The predicted octanol–water partition coefficient (Wildman–Crippen LogP) is 6.55. The standard InChI is InChI=1S/C29H32Cl3NO8/c1-4-5-14-36-23-16(2)38-26(41-27(33)29(30,31)32)25(39-17(3)34)24(23)40-28(35)37-15-22-20-12-8-6-10-18(20)19-11-7-9-13-21(19)22/h6-13,16,22-26,33H,4-5,14-15H2,1-3H3/t16?,23-,24-,25?,26-/m0/s1. The second-order valence-electron chi connectivity index (χ2n) is 9.79. The van der Waals surface area contributed by atoms with Gasteiger partial charge in [-0.1, -0.05) is 96.7 Å². The number of carbonyl (C=O) groups excluding carboxylic acids is 2. The SMILES string of the molecule is CCCCO[C@H]1C(C)O[C@@H](OC(=N)C(Cl)(Cl)Cl)C(OC(C)=O)[C@H]1OC(=O)OCC1c2ccccc2-c2ccccc21. The van der Waals surface area contributed by atoms with Crippen molar-refractivity contribution in [2.45, 2.75) is 74.0 Å². The lowest BCUT2D eigenvalue weighted by Gasteiger charge is -2.43. The summed E-state index contributed by atoms with van der Waals surface area (Å²) in [5, 5.41) is 7.99. The lowest BCUT2D eigenvalue weighted by atomic mass is 9.98. The lowest BCUT2D eigenvalue weighted by molar-refractivity contribution is -0.286. The van der Waals surface area contributed by atoms with E-state index in [0.717, 1.165) is 35.1 Å². The van der Waals surface area contributed by atoms with Gasteiger partial charge in [-0.25, -0.2) is 4.79 Å². The molecular weight excluding hydrogens is 597 g/mol. The van der Waals surface area contributed by atoms with Crippen LogP contribution in [-0.4, -0.2) is 65.7 Å². The number of esters is 1. The molecule has 0 amide bonds. The van der Waals surface area contributed by atoms with Crippen molar-refractivity contribution in [2.24, 2.45) is 0 Å². The van der Waals surface area contributed by atoms with Crippen molar-refractivity contribution in [3.05, 3.63) is 59.7 Å². The monoisotopic (exact) mass is 627 g/mol. The van der Waals surface area contributed by atoms with Gasteiger partial charge in [-0.3, -0.25) is 10.2 Å². The Morgan fingerprint density at radius 3 is 2.10 bits per heavy atom. The molecule has 2 unspecified atom stereocenters. The first-order valence-corrected chi connectivity index (χ1v) is 14.4. The van der Waals surface area contributed by atoms with E-state index in [1.165, 1.54) is 6.92 Å². The first-order chi connectivity index (χ1) is 19.5. The number of hydrogen-bond acceptors (Lipinski definition) is 9. The van der Waals surface area contributed by atoms with Gasteiger partial charge in [0.05, 0.1) is 6.10 Å². The number of halogens is 3.